The molecule has 1 N–H and O–H groups in total. The molecule has 2 aromatic rings. The minimum Gasteiger partial charge on any atom is -0.480 e. The maximum atomic E-state index is 10.8. The third-order valence-electron chi connectivity index (χ3n) is 2.40. The van der Waals surface area contributed by atoms with Crippen LogP contribution in [0.1, 0.15) is 12.7 Å². The second-order valence-electron chi connectivity index (χ2n) is 3.49. The van der Waals surface area contributed by atoms with Crippen LogP contribution >= 0.6 is 15.9 Å². The fraction of sp³-hybridized carbons (Fsp3) is 0.273. The van der Waals surface area contributed by atoms with Gasteiger partial charge in [0.05, 0.1) is 11.0 Å². The Morgan fingerprint density at radius 3 is 2.94 bits per heavy atom. The van der Waals surface area contributed by atoms with E-state index in [2.05, 4.69) is 20.9 Å². The van der Waals surface area contributed by atoms with Gasteiger partial charge < -0.3 is 9.67 Å². The van der Waals surface area contributed by atoms with Crippen molar-refractivity contribution in [3.05, 3.63) is 28.5 Å². The number of aryl methyl sites for hydroxylation is 1. The molecule has 5 heteroatoms. The number of fused-ring (bicyclic) bond motifs is 1. The number of hydrogen-bond acceptors (Lipinski definition) is 2. The fourth-order valence-electron chi connectivity index (χ4n) is 1.73. The Hall–Kier alpha value is -1.36. The Bertz CT molecular complexity index is 548. The first-order chi connectivity index (χ1) is 7.61. The van der Waals surface area contributed by atoms with Crippen molar-refractivity contribution in [2.24, 2.45) is 0 Å². The molecule has 0 unspecified atom stereocenters. The lowest BCUT2D eigenvalue weighted by Crippen LogP contribution is -2.11. The van der Waals surface area contributed by atoms with Gasteiger partial charge in [0.1, 0.15) is 12.4 Å². The number of nitrogens with zero attached hydrogens (tertiary/aromatic N) is 2. The van der Waals surface area contributed by atoms with Crippen LogP contribution < -0.4 is 0 Å². The molecule has 84 valence electrons. The Morgan fingerprint density at radius 2 is 2.31 bits per heavy atom. The average Bonchev–Trinajstić information content (AvgIpc) is 2.56. The van der Waals surface area contributed by atoms with E-state index in [1.165, 1.54) is 0 Å². The molecule has 0 saturated carbocycles. The van der Waals surface area contributed by atoms with E-state index in [-0.39, 0.29) is 6.54 Å². The predicted molar refractivity (Wildman–Crippen MR) is 64.4 cm³/mol. The molecule has 1 aromatic carbocycles. The van der Waals surface area contributed by atoms with Crippen LogP contribution in [-0.2, 0) is 17.8 Å². The van der Waals surface area contributed by atoms with Gasteiger partial charge in [0.25, 0.3) is 0 Å². The number of hydrogen-bond donors (Lipinski definition) is 1. The first kappa shape index (κ1) is 11.1. The zero-order chi connectivity index (χ0) is 11.7. The molecule has 0 saturated heterocycles. The van der Waals surface area contributed by atoms with Crippen LogP contribution in [0.5, 0.6) is 0 Å². The number of aromatic nitrogens is 2. The van der Waals surface area contributed by atoms with Crippen LogP contribution in [0.4, 0.5) is 0 Å². The molecule has 4 nitrogen and oxygen atoms in total. The van der Waals surface area contributed by atoms with Gasteiger partial charge in [0.2, 0.25) is 0 Å². The highest BCUT2D eigenvalue weighted by Gasteiger charge is 2.11. The van der Waals surface area contributed by atoms with E-state index in [0.717, 1.165) is 27.8 Å². The third kappa shape index (κ3) is 1.95. The molecule has 2 rings (SSSR count). The minimum absolute atomic E-state index is 0.0455. The zero-order valence-electron chi connectivity index (χ0n) is 8.77. The largest absolute Gasteiger partial charge is 0.480 e. The topological polar surface area (TPSA) is 55.1 Å². The second kappa shape index (κ2) is 4.25. The summed E-state index contributed by atoms with van der Waals surface area (Å²) in [6, 6.07) is 5.68. The smallest absolute Gasteiger partial charge is 0.323 e. The van der Waals surface area contributed by atoms with Gasteiger partial charge in [-0.05, 0) is 18.2 Å². The monoisotopic (exact) mass is 282 g/mol. The summed E-state index contributed by atoms with van der Waals surface area (Å²) in [6.07, 6.45) is 0.722. The first-order valence-electron chi connectivity index (χ1n) is 4.98. The van der Waals surface area contributed by atoms with Gasteiger partial charge in [-0.15, -0.1) is 0 Å². The molecule has 0 bridgehead atoms. The Balaban J connectivity index is 2.65. The maximum absolute atomic E-state index is 10.8. The van der Waals surface area contributed by atoms with E-state index >= 15 is 0 Å². The summed E-state index contributed by atoms with van der Waals surface area (Å²) in [5, 5.41) is 8.87. The number of benzene rings is 1. The molecular weight excluding hydrogens is 272 g/mol. The van der Waals surface area contributed by atoms with Crippen LogP contribution in [0.3, 0.4) is 0 Å². The van der Waals surface area contributed by atoms with Gasteiger partial charge in [0.15, 0.2) is 0 Å². The molecule has 0 aliphatic heterocycles. The molecule has 0 fully saturated rings. The molecule has 1 heterocycles. The summed E-state index contributed by atoms with van der Waals surface area (Å²) in [4.78, 5) is 15.2. The average molecular weight is 283 g/mol. The SMILES string of the molecule is CCc1nc2ccc(Br)cc2n1CC(=O)O. The van der Waals surface area contributed by atoms with Crippen molar-refractivity contribution in [2.45, 2.75) is 19.9 Å². The maximum Gasteiger partial charge on any atom is 0.323 e. The molecule has 0 spiro atoms. The summed E-state index contributed by atoms with van der Waals surface area (Å²) in [7, 11) is 0. The number of imidazole rings is 1. The number of carboxylic acids is 1. The van der Waals surface area contributed by atoms with Gasteiger partial charge in [-0.1, -0.05) is 22.9 Å². The molecule has 1 aromatic heterocycles. The van der Waals surface area contributed by atoms with Crippen LogP contribution in [0, 0.1) is 0 Å². The summed E-state index contributed by atoms with van der Waals surface area (Å²) < 4.78 is 2.66. The van der Waals surface area contributed by atoms with Gasteiger partial charge in [-0.3, -0.25) is 4.79 Å². The lowest BCUT2D eigenvalue weighted by atomic mass is 10.3. The van der Waals surface area contributed by atoms with E-state index in [4.69, 9.17) is 5.11 Å². The molecule has 0 radical (unpaired) electrons. The number of rotatable bonds is 3. The summed E-state index contributed by atoms with van der Waals surface area (Å²) in [5.41, 5.74) is 1.69. The van der Waals surface area contributed by atoms with Gasteiger partial charge in [-0.25, -0.2) is 4.98 Å². The normalized spacial score (nSPS) is 10.9. The molecule has 16 heavy (non-hydrogen) atoms. The lowest BCUT2D eigenvalue weighted by molar-refractivity contribution is -0.137. The number of aliphatic carboxylic acids is 1. The van der Waals surface area contributed by atoms with Crippen LogP contribution in [0.2, 0.25) is 0 Å². The third-order valence-corrected chi connectivity index (χ3v) is 2.89. The molecule has 0 aliphatic carbocycles. The fourth-order valence-corrected chi connectivity index (χ4v) is 2.08. The van der Waals surface area contributed by atoms with Gasteiger partial charge in [-0.2, -0.15) is 0 Å². The number of carboxylic acid groups (broad SMARTS) is 1. The summed E-state index contributed by atoms with van der Waals surface area (Å²) in [6.45, 7) is 1.92. The van der Waals surface area contributed by atoms with Crippen molar-refractivity contribution in [1.29, 1.82) is 0 Å². The van der Waals surface area contributed by atoms with E-state index in [0.29, 0.717) is 0 Å². The van der Waals surface area contributed by atoms with Gasteiger partial charge >= 0.3 is 5.97 Å². The quantitative estimate of drug-likeness (QED) is 0.941. The van der Waals surface area contributed by atoms with Crippen LogP contribution in [-0.4, -0.2) is 20.6 Å². The molecule has 0 atom stereocenters. The van der Waals surface area contributed by atoms with E-state index in [1.54, 1.807) is 4.57 Å². The number of carbonyl (C=O) groups is 1. The van der Waals surface area contributed by atoms with Crippen molar-refractivity contribution in [2.75, 3.05) is 0 Å². The molecular formula is C11H11BrN2O2. The Labute approximate surface area is 101 Å². The number of halogens is 1. The Kier molecular flexibility index (Phi) is 2.96. The van der Waals surface area contributed by atoms with Crippen molar-refractivity contribution in [1.82, 2.24) is 9.55 Å². The molecule has 0 amide bonds. The summed E-state index contributed by atoms with van der Waals surface area (Å²) in [5.74, 6) is -0.0514. The second-order valence-corrected chi connectivity index (χ2v) is 4.41. The highest BCUT2D eigenvalue weighted by atomic mass is 79.9. The van der Waals surface area contributed by atoms with E-state index in [1.807, 2.05) is 25.1 Å². The summed E-state index contributed by atoms with van der Waals surface area (Å²) >= 11 is 3.38. The Morgan fingerprint density at radius 1 is 1.56 bits per heavy atom. The minimum atomic E-state index is -0.853. The first-order valence-corrected chi connectivity index (χ1v) is 5.77. The highest BCUT2D eigenvalue weighted by Crippen LogP contribution is 2.21. The van der Waals surface area contributed by atoms with Crippen molar-refractivity contribution < 1.29 is 9.90 Å². The van der Waals surface area contributed by atoms with Crippen LogP contribution in [0.15, 0.2) is 22.7 Å². The highest BCUT2D eigenvalue weighted by molar-refractivity contribution is 9.10. The van der Waals surface area contributed by atoms with Gasteiger partial charge in [0, 0.05) is 10.9 Å². The van der Waals surface area contributed by atoms with Crippen molar-refractivity contribution in [3.63, 3.8) is 0 Å². The zero-order valence-corrected chi connectivity index (χ0v) is 10.4. The van der Waals surface area contributed by atoms with Crippen molar-refractivity contribution >= 4 is 32.9 Å². The van der Waals surface area contributed by atoms with Crippen molar-refractivity contribution in [3.8, 4) is 0 Å². The molecule has 0 aliphatic rings. The van der Waals surface area contributed by atoms with E-state index < -0.39 is 5.97 Å². The predicted octanol–water partition coefficient (Wildman–Crippen LogP) is 2.45. The van der Waals surface area contributed by atoms with E-state index in [9.17, 15) is 4.79 Å². The standard InChI is InChI=1S/C11H11BrN2O2/c1-2-10-13-8-4-3-7(12)5-9(8)14(10)6-11(15)16/h3-5H,2,6H2,1H3,(H,15,16). The van der Waals surface area contributed by atoms with Crippen LogP contribution in [0.25, 0.3) is 11.0 Å². The lowest BCUT2D eigenvalue weighted by Gasteiger charge is -2.04.